The van der Waals surface area contributed by atoms with Gasteiger partial charge in [-0.05, 0) is 31.6 Å². The molecule has 0 radical (unpaired) electrons. The zero-order valence-electron chi connectivity index (χ0n) is 8.48. The minimum Gasteiger partial charge on any atom is -0.357 e. The number of hydrogen-bond donors (Lipinski definition) is 0. The molecule has 0 N–H and O–H groups in total. The average Bonchev–Trinajstić information content (AvgIpc) is 2.68. The van der Waals surface area contributed by atoms with Crippen LogP contribution in [0.25, 0.3) is 0 Å². The van der Waals surface area contributed by atoms with Crippen LogP contribution in [0.4, 0.5) is 0 Å². The molecule has 2 rings (SSSR count). The van der Waals surface area contributed by atoms with Gasteiger partial charge in [-0.1, -0.05) is 0 Å². The molecule has 3 nitrogen and oxygen atoms in total. The van der Waals surface area contributed by atoms with Crippen LogP contribution in [0.15, 0.2) is 12.3 Å². The van der Waals surface area contributed by atoms with Crippen LogP contribution >= 0.6 is 11.8 Å². The normalized spacial score (nSPS) is 22.5. The van der Waals surface area contributed by atoms with Gasteiger partial charge in [-0.3, -0.25) is 0 Å². The third kappa shape index (κ3) is 2.30. The van der Waals surface area contributed by atoms with Crippen molar-refractivity contribution < 1.29 is 4.74 Å². The number of nitrogens with zero attached hydrogens (tertiary/aromatic N) is 2. The van der Waals surface area contributed by atoms with E-state index < -0.39 is 0 Å². The lowest BCUT2D eigenvalue weighted by Crippen LogP contribution is -2.18. The molecule has 0 amide bonds. The highest BCUT2D eigenvalue weighted by molar-refractivity contribution is 7.97. The van der Waals surface area contributed by atoms with Gasteiger partial charge in [0.05, 0.1) is 5.69 Å². The number of rotatable bonds is 3. The third-order valence-corrected chi connectivity index (χ3v) is 2.99. The molecule has 78 valence electrons. The highest BCUT2D eigenvalue weighted by Crippen LogP contribution is 2.22. The molecular weight excluding hydrogens is 196 g/mol. The first-order valence-corrected chi connectivity index (χ1v) is 6.44. The van der Waals surface area contributed by atoms with Crippen LogP contribution < -0.4 is 0 Å². The fourth-order valence-electron chi connectivity index (χ4n) is 1.70. The highest BCUT2D eigenvalue weighted by atomic mass is 32.2. The molecule has 0 aliphatic carbocycles. The van der Waals surface area contributed by atoms with Crippen LogP contribution in [0.1, 0.15) is 31.2 Å². The minimum atomic E-state index is 0.180. The number of hydrogen-bond acceptors (Lipinski definition) is 3. The van der Waals surface area contributed by atoms with Crippen LogP contribution in [0.5, 0.6) is 0 Å². The Bertz CT molecular complexity index is 281. The van der Waals surface area contributed by atoms with E-state index in [2.05, 4.69) is 17.4 Å². The van der Waals surface area contributed by atoms with E-state index in [9.17, 15) is 0 Å². The van der Waals surface area contributed by atoms with Crippen LogP contribution in [-0.4, -0.2) is 22.6 Å². The van der Waals surface area contributed by atoms with E-state index in [4.69, 9.17) is 4.74 Å². The van der Waals surface area contributed by atoms with E-state index in [0.29, 0.717) is 0 Å². The standard InChI is InChI=1S/C10H16N2OS/c1-14-8-9-5-6-12(11-9)10-4-2-3-7-13-10/h5-6,10H,2-4,7-8H2,1H3. The summed E-state index contributed by atoms with van der Waals surface area (Å²) in [6.07, 6.45) is 7.84. The summed E-state index contributed by atoms with van der Waals surface area (Å²) in [5, 5.41) is 4.49. The lowest BCUT2D eigenvalue weighted by Gasteiger charge is -2.22. The van der Waals surface area contributed by atoms with Gasteiger partial charge in [-0.2, -0.15) is 16.9 Å². The SMILES string of the molecule is CSCc1ccn(C2CCCCO2)n1. The monoisotopic (exact) mass is 212 g/mol. The largest absolute Gasteiger partial charge is 0.357 e. The molecule has 1 fully saturated rings. The maximum atomic E-state index is 5.65. The van der Waals surface area contributed by atoms with Crippen molar-refractivity contribution in [2.24, 2.45) is 0 Å². The summed E-state index contributed by atoms with van der Waals surface area (Å²) in [5.41, 5.74) is 1.15. The quantitative estimate of drug-likeness (QED) is 0.770. The van der Waals surface area contributed by atoms with Crippen LogP contribution in [-0.2, 0) is 10.5 Å². The summed E-state index contributed by atoms with van der Waals surface area (Å²) in [6, 6.07) is 2.08. The molecule has 0 spiro atoms. The molecule has 4 heteroatoms. The molecule has 1 aromatic heterocycles. The van der Waals surface area contributed by atoms with Gasteiger partial charge in [0.1, 0.15) is 6.23 Å². The van der Waals surface area contributed by atoms with E-state index in [0.717, 1.165) is 24.5 Å². The van der Waals surface area contributed by atoms with Gasteiger partial charge < -0.3 is 4.74 Å². The molecule has 2 heterocycles. The maximum Gasteiger partial charge on any atom is 0.150 e. The van der Waals surface area contributed by atoms with Crippen molar-refractivity contribution in [1.29, 1.82) is 0 Å². The molecule has 1 atom stereocenters. The zero-order chi connectivity index (χ0) is 9.80. The lowest BCUT2D eigenvalue weighted by molar-refractivity contribution is -0.0396. The van der Waals surface area contributed by atoms with Gasteiger partial charge in [0.2, 0.25) is 0 Å². The van der Waals surface area contributed by atoms with Gasteiger partial charge in [0, 0.05) is 18.6 Å². The predicted molar refractivity (Wildman–Crippen MR) is 58.3 cm³/mol. The van der Waals surface area contributed by atoms with E-state index in [1.165, 1.54) is 12.8 Å². The van der Waals surface area contributed by atoms with Crippen LogP contribution in [0.2, 0.25) is 0 Å². The first kappa shape index (κ1) is 10.1. The van der Waals surface area contributed by atoms with E-state index in [1.807, 2.05) is 10.9 Å². The van der Waals surface area contributed by atoms with Crippen molar-refractivity contribution in [3.8, 4) is 0 Å². The van der Waals surface area contributed by atoms with E-state index in [1.54, 1.807) is 11.8 Å². The fraction of sp³-hybridized carbons (Fsp3) is 0.700. The molecule has 0 bridgehead atoms. The van der Waals surface area contributed by atoms with E-state index in [-0.39, 0.29) is 6.23 Å². The molecule has 1 aliphatic heterocycles. The first-order chi connectivity index (χ1) is 6.90. The van der Waals surface area contributed by atoms with Crippen molar-refractivity contribution in [1.82, 2.24) is 9.78 Å². The summed E-state index contributed by atoms with van der Waals surface area (Å²) < 4.78 is 7.61. The van der Waals surface area contributed by atoms with Crippen LogP contribution in [0, 0.1) is 0 Å². The summed E-state index contributed by atoms with van der Waals surface area (Å²) in [6.45, 7) is 0.877. The average molecular weight is 212 g/mol. The number of thioether (sulfide) groups is 1. The first-order valence-electron chi connectivity index (χ1n) is 5.05. The Balaban J connectivity index is 2.00. The van der Waals surface area contributed by atoms with Crippen LogP contribution in [0.3, 0.4) is 0 Å². The molecule has 1 aliphatic rings. The van der Waals surface area contributed by atoms with Crippen molar-refractivity contribution in [2.75, 3.05) is 12.9 Å². The third-order valence-electron chi connectivity index (χ3n) is 2.41. The number of ether oxygens (including phenoxy) is 1. The summed E-state index contributed by atoms with van der Waals surface area (Å²) in [5.74, 6) is 0.986. The topological polar surface area (TPSA) is 27.1 Å². The molecule has 0 aromatic carbocycles. The van der Waals surface area contributed by atoms with Gasteiger partial charge in [0.15, 0.2) is 0 Å². The minimum absolute atomic E-state index is 0.180. The summed E-state index contributed by atoms with van der Waals surface area (Å²) in [7, 11) is 0. The molecule has 14 heavy (non-hydrogen) atoms. The maximum absolute atomic E-state index is 5.65. The van der Waals surface area contributed by atoms with E-state index >= 15 is 0 Å². The second-order valence-corrected chi connectivity index (χ2v) is 4.41. The van der Waals surface area contributed by atoms with Crippen molar-refractivity contribution in [2.45, 2.75) is 31.2 Å². The van der Waals surface area contributed by atoms with Crippen molar-refractivity contribution >= 4 is 11.8 Å². The Morgan fingerprint density at radius 2 is 2.57 bits per heavy atom. The van der Waals surface area contributed by atoms with Crippen molar-refractivity contribution in [3.05, 3.63) is 18.0 Å². The van der Waals surface area contributed by atoms with Gasteiger partial charge in [-0.15, -0.1) is 0 Å². The smallest absolute Gasteiger partial charge is 0.150 e. The van der Waals surface area contributed by atoms with Gasteiger partial charge in [0.25, 0.3) is 0 Å². The summed E-state index contributed by atoms with van der Waals surface area (Å²) in [4.78, 5) is 0. The second-order valence-electron chi connectivity index (χ2n) is 3.54. The Kier molecular flexibility index (Phi) is 3.48. The Labute approximate surface area is 88.8 Å². The molecule has 0 saturated carbocycles. The fourth-order valence-corrected chi connectivity index (χ4v) is 2.14. The van der Waals surface area contributed by atoms with Gasteiger partial charge >= 0.3 is 0 Å². The predicted octanol–water partition coefficient (Wildman–Crippen LogP) is 2.45. The Morgan fingerprint density at radius 3 is 3.29 bits per heavy atom. The lowest BCUT2D eigenvalue weighted by atomic mass is 10.2. The molecule has 1 aromatic rings. The Morgan fingerprint density at radius 1 is 1.64 bits per heavy atom. The molecular formula is C10H16N2OS. The van der Waals surface area contributed by atoms with Gasteiger partial charge in [-0.25, -0.2) is 4.68 Å². The zero-order valence-corrected chi connectivity index (χ0v) is 9.30. The molecule has 1 saturated heterocycles. The summed E-state index contributed by atoms with van der Waals surface area (Å²) >= 11 is 1.80. The molecule has 1 unspecified atom stereocenters. The highest BCUT2D eigenvalue weighted by Gasteiger charge is 2.15. The number of aromatic nitrogens is 2. The second kappa shape index (κ2) is 4.84. The Hall–Kier alpha value is -0.480. The van der Waals surface area contributed by atoms with Crippen molar-refractivity contribution in [3.63, 3.8) is 0 Å².